The van der Waals surface area contributed by atoms with Crippen molar-refractivity contribution in [3.63, 3.8) is 0 Å². The van der Waals surface area contributed by atoms with Gasteiger partial charge in [-0.05, 0) is 28.6 Å². The summed E-state index contributed by atoms with van der Waals surface area (Å²) >= 11 is 5.29. The van der Waals surface area contributed by atoms with Crippen LogP contribution < -0.4 is 0 Å². The molecule has 0 spiro atoms. The average Bonchev–Trinajstić information content (AvgIpc) is 3.01. The van der Waals surface area contributed by atoms with Crippen molar-refractivity contribution in [3.8, 4) is 5.69 Å². The molecule has 1 amide bonds. The first-order valence-electron chi connectivity index (χ1n) is 6.15. The molecule has 1 aromatic carbocycles. The van der Waals surface area contributed by atoms with Gasteiger partial charge in [0.15, 0.2) is 0 Å². The van der Waals surface area contributed by atoms with Crippen LogP contribution in [0.4, 0.5) is 0 Å². The van der Waals surface area contributed by atoms with Crippen LogP contribution in [0, 0.1) is 0 Å². The standard InChI is InChI=1S/C12H12BrN5OS/c13-9-1-2-11(18-8-14-15-16-18)10(7-9)12(19)17-3-5-20-6-4-17/h1-2,7-8H,3-6H2. The Morgan fingerprint density at radius 1 is 1.30 bits per heavy atom. The molecule has 0 atom stereocenters. The molecule has 20 heavy (non-hydrogen) atoms. The highest BCUT2D eigenvalue weighted by molar-refractivity contribution is 9.10. The molecule has 1 fully saturated rings. The summed E-state index contributed by atoms with van der Waals surface area (Å²) in [6.45, 7) is 1.57. The second-order valence-electron chi connectivity index (χ2n) is 4.32. The lowest BCUT2D eigenvalue weighted by Gasteiger charge is -2.27. The Morgan fingerprint density at radius 3 is 2.80 bits per heavy atom. The molecule has 6 nitrogen and oxygen atoms in total. The second-order valence-corrected chi connectivity index (χ2v) is 6.46. The van der Waals surface area contributed by atoms with E-state index < -0.39 is 0 Å². The van der Waals surface area contributed by atoms with Crippen LogP contribution in [-0.2, 0) is 0 Å². The van der Waals surface area contributed by atoms with Crippen molar-refractivity contribution >= 4 is 33.6 Å². The van der Waals surface area contributed by atoms with Gasteiger partial charge in [0.1, 0.15) is 6.33 Å². The summed E-state index contributed by atoms with van der Waals surface area (Å²) < 4.78 is 2.38. The van der Waals surface area contributed by atoms with Gasteiger partial charge in [0.25, 0.3) is 5.91 Å². The lowest BCUT2D eigenvalue weighted by Crippen LogP contribution is -2.38. The van der Waals surface area contributed by atoms with E-state index in [-0.39, 0.29) is 5.91 Å². The Morgan fingerprint density at radius 2 is 2.10 bits per heavy atom. The van der Waals surface area contributed by atoms with Crippen LogP contribution in [0.25, 0.3) is 5.69 Å². The normalized spacial score (nSPS) is 15.3. The highest BCUT2D eigenvalue weighted by atomic mass is 79.9. The van der Waals surface area contributed by atoms with Gasteiger partial charge in [0.2, 0.25) is 0 Å². The fourth-order valence-corrected chi connectivity index (χ4v) is 3.35. The summed E-state index contributed by atoms with van der Waals surface area (Å²) in [6, 6.07) is 5.54. The molecule has 0 radical (unpaired) electrons. The van der Waals surface area contributed by atoms with Gasteiger partial charge in [-0.25, -0.2) is 0 Å². The number of aromatic nitrogens is 4. The third-order valence-electron chi connectivity index (χ3n) is 3.08. The number of tetrazole rings is 1. The van der Waals surface area contributed by atoms with Crippen molar-refractivity contribution in [2.75, 3.05) is 24.6 Å². The quantitative estimate of drug-likeness (QED) is 0.820. The molecule has 0 N–H and O–H groups in total. The predicted molar refractivity (Wildman–Crippen MR) is 80.1 cm³/mol. The zero-order valence-corrected chi connectivity index (χ0v) is 13.0. The number of carbonyl (C=O) groups excluding carboxylic acids is 1. The van der Waals surface area contributed by atoms with Crippen LogP contribution in [0.5, 0.6) is 0 Å². The van der Waals surface area contributed by atoms with E-state index in [9.17, 15) is 4.79 Å². The van der Waals surface area contributed by atoms with E-state index >= 15 is 0 Å². The number of hydrogen-bond acceptors (Lipinski definition) is 5. The van der Waals surface area contributed by atoms with Gasteiger partial charge in [-0.15, -0.1) is 5.10 Å². The number of carbonyl (C=O) groups is 1. The van der Waals surface area contributed by atoms with E-state index in [0.717, 1.165) is 29.1 Å². The monoisotopic (exact) mass is 353 g/mol. The third kappa shape index (κ3) is 2.71. The molecule has 104 valence electrons. The Labute approximate surface area is 128 Å². The Balaban J connectivity index is 1.98. The number of benzene rings is 1. The number of thioether (sulfide) groups is 1. The van der Waals surface area contributed by atoms with E-state index in [2.05, 4.69) is 31.5 Å². The molecule has 0 aliphatic carbocycles. The van der Waals surface area contributed by atoms with Crippen molar-refractivity contribution in [3.05, 3.63) is 34.6 Å². The van der Waals surface area contributed by atoms with Crippen molar-refractivity contribution in [2.24, 2.45) is 0 Å². The molecule has 1 aromatic heterocycles. The summed E-state index contributed by atoms with van der Waals surface area (Å²) in [5.74, 6) is 2.00. The first-order chi connectivity index (χ1) is 9.75. The number of halogens is 1. The molecule has 8 heteroatoms. The molecule has 1 saturated heterocycles. The van der Waals surface area contributed by atoms with E-state index in [1.165, 1.54) is 11.0 Å². The summed E-state index contributed by atoms with van der Waals surface area (Å²) in [5.41, 5.74) is 1.31. The maximum Gasteiger partial charge on any atom is 0.256 e. The highest BCUT2D eigenvalue weighted by Gasteiger charge is 2.22. The van der Waals surface area contributed by atoms with Gasteiger partial charge < -0.3 is 4.90 Å². The maximum atomic E-state index is 12.7. The zero-order chi connectivity index (χ0) is 13.9. The molecule has 1 aliphatic heterocycles. The van der Waals surface area contributed by atoms with Crippen molar-refractivity contribution in [1.82, 2.24) is 25.1 Å². The first-order valence-corrected chi connectivity index (χ1v) is 8.10. The van der Waals surface area contributed by atoms with E-state index in [0.29, 0.717) is 11.3 Å². The van der Waals surface area contributed by atoms with Gasteiger partial charge >= 0.3 is 0 Å². The minimum absolute atomic E-state index is 0.0251. The summed E-state index contributed by atoms with van der Waals surface area (Å²) in [5, 5.41) is 11.1. The fraction of sp³-hybridized carbons (Fsp3) is 0.333. The summed E-state index contributed by atoms with van der Waals surface area (Å²) in [6.07, 6.45) is 1.49. The lowest BCUT2D eigenvalue weighted by molar-refractivity contribution is 0.0772. The van der Waals surface area contributed by atoms with E-state index in [4.69, 9.17) is 0 Å². The maximum absolute atomic E-state index is 12.7. The largest absolute Gasteiger partial charge is 0.337 e. The molecule has 3 rings (SSSR count). The number of hydrogen-bond donors (Lipinski definition) is 0. The van der Waals surface area contributed by atoms with Crippen molar-refractivity contribution < 1.29 is 4.79 Å². The van der Waals surface area contributed by atoms with Gasteiger partial charge in [-0.1, -0.05) is 15.9 Å². The topological polar surface area (TPSA) is 63.9 Å². The number of rotatable bonds is 2. The molecule has 2 heterocycles. The molecular weight excluding hydrogens is 342 g/mol. The van der Waals surface area contributed by atoms with Gasteiger partial charge in [0, 0.05) is 29.1 Å². The number of nitrogens with zero attached hydrogens (tertiary/aromatic N) is 5. The Bertz CT molecular complexity index is 612. The Hall–Kier alpha value is -1.41. The van der Waals surface area contributed by atoms with E-state index in [1.54, 1.807) is 0 Å². The van der Waals surface area contributed by atoms with Crippen molar-refractivity contribution in [2.45, 2.75) is 0 Å². The van der Waals surface area contributed by atoms with Crippen molar-refractivity contribution in [1.29, 1.82) is 0 Å². The predicted octanol–water partition coefficient (Wildman–Crippen LogP) is 1.61. The molecule has 0 bridgehead atoms. The minimum Gasteiger partial charge on any atom is -0.337 e. The fourth-order valence-electron chi connectivity index (χ4n) is 2.09. The van der Waals surface area contributed by atoms with Gasteiger partial charge in [0.05, 0.1) is 11.3 Å². The van der Waals surface area contributed by atoms with Gasteiger partial charge in [-0.3, -0.25) is 4.79 Å². The van der Waals surface area contributed by atoms with Crippen LogP contribution >= 0.6 is 27.7 Å². The SMILES string of the molecule is O=C(c1cc(Br)ccc1-n1cnnn1)N1CCSCC1. The molecular formula is C12H12BrN5OS. The van der Waals surface area contributed by atoms with Crippen LogP contribution in [0.1, 0.15) is 10.4 Å². The summed E-state index contributed by atoms with van der Waals surface area (Å²) in [4.78, 5) is 14.6. The minimum atomic E-state index is 0.0251. The first kappa shape index (κ1) is 13.6. The molecule has 0 unspecified atom stereocenters. The molecule has 0 saturated carbocycles. The summed E-state index contributed by atoms with van der Waals surface area (Å²) in [7, 11) is 0. The highest BCUT2D eigenvalue weighted by Crippen LogP contribution is 2.22. The second kappa shape index (κ2) is 5.92. The zero-order valence-electron chi connectivity index (χ0n) is 10.6. The molecule has 1 aliphatic rings. The van der Waals surface area contributed by atoms with Crippen LogP contribution in [0.15, 0.2) is 29.0 Å². The van der Waals surface area contributed by atoms with Gasteiger partial charge in [-0.2, -0.15) is 16.4 Å². The van der Waals surface area contributed by atoms with Crippen LogP contribution in [0.2, 0.25) is 0 Å². The third-order valence-corrected chi connectivity index (χ3v) is 4.52. The van der Waals surface area contributed by atoms with Crippen LogP contribution in [-0.4, -0.2) is 55.6 Å². The lowest BCUT2D eigenvalue weighted by atomic mass is 10.1. The molecule has 2 aromatic rings. The average molecular weight is 354 g/mol. The Kier molecular flexibility index (Phi) is 4.02. The van der Waals surface area contributed by atoms with E-state index in [1.807, 2.05) is 34.9 Å². The van der Waals surface area contributed by atoms with Crippen LogP contribution in [0.3, 0.4) is 0 Å². The smallest absolute Gasteiger partial charge is 0.256 e. The number of amides is 1.